The fourth-order valence-electron chi connectivity index (χ4n) is 1.67. The predicted molar refractivity (Wildman–Crippen MR) is 58.4 cm³/mol. The molecule has 0 aromatic carbocycles. The molecule has 0 amide bonds. The van der Waals surface area contributed by atoms with E-state index in [0.717, 1.165) is 6.42 Å². The second kappa shape index (κ2) is 7.18. The predicted octanol–water partition coefficient (Wildman–Crippen LogP) is 2.53. The number of alkyl halides is 1. The van der Waals surface area contributed by atoms with Gasteiger partial charge in [0.25, 0.3) is 0 Å². The molecule has 0 spiro atoms. The average Bonchev–Trinajstić information content (AvgIpc) is 2.61. The van der Waals surface area contributed by atoms with Gasteiger partial charge in [-0.25, -0.2) is 4.39 Å². The summed E-state index contributed by atoms with van der Waals surface area (Å²) in [7, 11) is 0. The molecule has 0 saturated carbocycles. The molecule has 2 nitrogen and oxygen atoms in total. The number of ether oxygens (including phenoxy) is 1. The monoisotopic (exact) mass is 205 g/mol. The largest absolute Gasteiger partial charge is 0.380 e. The van der Waals surface area contributed by atoms with E-state index in [4.69, 9.17) is 4.74 Å². The van der Waals surface area contributed by atoms with Crippen molar-refractivity contribution in [3.63, 3.8) is 0 Å². The van der Waals surface area contributed by atoms with Gasteiger partial charge in [0, 0.05) is 25.1 Å². The van der Waals surface area contributed by atoms with E-state index in [0.29, 0.717) is 26.2 Å². The summed E-state index contributed by atoms with van der Waals surface area (Å²) in [6, 6.07) is 0. The Morgan fingerprint density at radius 2 is 2.07 bits per heavy atom. The van der Waals surface area contributed by atoms with Crippen LogP contribution >= 0.6 is 0 Å². The summed E-state index contributed by atoms with van der Waals surface area (Å²) in [4.78, 5) is 0. The van der Waals surface area contributed by atoms with Crippen molar-refractivity contribution in [2.45, 2.75) is 52.2 Å². The molecular formula is C11H24FNO. The molecule has 86 valence electrons. The van der Waals surface area contributed by atoms with Gasteiger partial charge < -0.3 is 10.1 Å². The first-order valence-corrected chi connectivity index (χ1v) is 5.69. The summed E-state index contributed by atoms with van der Waals surface area (Å²) in [5.41, 5.74) is -0.0879. The third-order valence-corrected chi connectivity index (χ3v) is 2.57. The molecule has 1 N–H and O–H groups in total. The highest BCUT2D eigenvalue weighted by Crippen LogP contribution is 2.25. The molecule has 0 aromatic rings. The van der Waals surface area contributed by atoms with Crippen molar-refractivity contribution in [1.82, 2.24) is 5.32 Å². The highest BCUT2D eigenvalue weighted by Gasteiger charge is 2.37. The molecule has 1 fully saturated rings. The van der Waals surface area contributed by atoms with Crippen molar-refractivity contribution < 1.29 is 9.13 Å². The van der Waals surface area contributed by atoms with Crippen LogP contribution in [0.4, 0.5) is 4.39 Å². The minimum absolute atomic E-state index is 0.0879. The van der Waals surface area contributed by atoms with Crippen LogP contribution in [0, 0.1) is 0 Å². The summed E-state index contributed by atoms with van der Waals surface area (Å²) >= 11 is 0. The van der Waals surface area contributed by atoms with Crippen LogP contribution in [0.3, 0.4) is 0 Å². The summed E-state index contributed by atoms with van der Waals surface area (Å²) in [5.74, 6) is 0. The van der Waals surface area contributed by atoms with Crippen LogP contribution in [-0.4, -0.2) is 31.5 Å². The molecule has 2 unspecified atom stereocenters. The van der Waals surface area contributed by atoms with Crippen LogP contribution in [0.15, 0.2) is 0 Å². The van der Waals surface area contributed by atoms with E-state index in [2.05, 4.69) is 12.2 Å². The first kappa shape index (κ1) is 13.8. The zero-order chi connectivity index (χ0) is 11.0. The van der Waals surface area contributed by atoms with Gasteiger partial charge in [-0.3, -0.25) is 0 Å². The van der Waals surface area contributed by atoms with Gasteiger partial charge in [-0.15, -0.1) is 0 Å². The van der Waals surface area contributed by atoms with Crippen molar-refractivity contribution in [2.24, 2.45) is 0 Å². The molecule has 1 aliphatic rings. The average molecular weight is 205 g/mol. The molecule has 1 rings (SSSR count). The van der Waals surface area contributed by atoms with Crippen molar-refractivity contribution >= 4 is 0 Å². The van der Waals surface area contributed by atoms with Crippen LogP contribution in [-0.2, 0) is 4.74 Å². The molecule has 1 aliphatic heterocycles. The Balaban J connectivity index is 0.000000791. The van der Waals surface area contributed by atoms with Gasteiger partial charge >= 0.3 is 0 Å². The number of nitrogens with one attached hydrogen (secondary N) is 1. The van der Waals surface area contributed by atoms with E-state index in [1.807, 2.05) is 20.8 Å². The maximum Gasteiger partial charge on any atom is 0.114 e. The molecule has 2 atom stereocenters. The molecular weight excluding hydrogens is 181 g/mol. The molecule has 0 radical (unpaired) electrons. The van der Waals surface area contributed by atoms with Crippen molar-refractivity contribution in [1.29, 1.82) is 0 Å². The smallest absolute Gasteiger partial charge is 0.114 e. The fourth-order valence-corrected chi connectivity index (χ4v) is 1.67. The summed E-state index contributed by atoms with van der Waals surface area (Å²) < 4.78 is 18.2. The Labute approximate surface area is 87.2 Å². The number of halogens is 1. The third kappa shape index (κ3) is 3.93. The lowest BCUT2D eigenvalue weighted by atomic mass is 9.95. The maximum absolute atomic E-state index is 12.9. The fraction of sp³-hybridized carbons (Fsp3) is 1.00. The van der Waals surface area contributed by atoms with Crippen LogP contribution in [0.1, 0.15) is 40.5 Å². The molecule has 3 heteroatoms. The van der Waals surface area contributed by atoms with Crippen molar-refractivity contribution in [2.75, 3.05) is 19.8 Å². The highest BCUT2D eigenvalue weighted by atomic mass is 19.1. The van der Waals surface area contributed by atoms with E-state index in [1.54, 1.807) is 0 Å². The van der Waals surface area contributed by atoms with Crippen LogP contribution in [0.2, 0.25) is 0 Å². The second-order valence-electron chi connectivity index (χ2n) is 3.45. The normalized spacial score (nSPS) is 31.1. The molecule has 1 saturated heterocycles. The maximum atomic E-state index is 12.9. The highest BCUT2D eigenvalue weighted by molar-refractivity contribution is 4.96. The van der Waals surface area contributed by atoms with Gasteiger partial charge in [-0.1, -0.05) is 20.8 Å². The van der Waals surface area contributed by atoms with Gasteiger partial charge in [-0.2, -0.15) is 0 Å². The molecule has 14 heavy (non-hydrogen) atoms. The Bertz CT molecular complexity index is 143. The second-order valence-corrected chi connectivity index (χ2v) is 3.45. The summed E-state index contributed by atoms with van der Waals surface area (Å²) in [5, 5.41) is 3.20. The third-order valence-electron chi connectivity index (χ3n) is 2.57. The zero-order valence-electron chi connectivity index (χ0n) is 9.90. The van der Waals surface area contributed by atoms with E-state index in [9.17, 15) is 4.39 Å². The summed E-state index contributed by atoms with van der Waals surface area (Å²) in [6.45, 7) is 9.87. The lowest BCUT2D eigenvalue weighted by Crippen LogP contribution is -2.43. The SMILES string of the molecule is CC.CCOCC1(CC)CC(F)CN1. The van der Waals surface area contributed by atoms with Gasteiger partial charge in [0.05, 0.1) is 6.61 Å². The van der Waals surface area contributed by atoms with Crippen molar-refractivity contribution in [3.05, 3.63) is 0 Å². The molecule has 0 aliphatic carbocycles. The topological polar surface area (TPSA) is 21.3 Å². The van der Waals surface area contributed by atoms with Gasteiger partial charge in [-0.05, 0) is 13.3 Å². The van der Waals surface area contributed by atoms with Gasteiger partial charge in [0.15, 0.2) is 0 Å². The Kier molecular flexibility index (Phi) is 7.11. The molecule has 0 aromatic heterocycles. The van der Waals surface area contributed by atoms with Crippen LogP contribution in [0.25, 0.3) is 0 Å². The first-order chi connectivity index (χ1) is 6.72. The standard InChI is InChI=1S/C9H18FNO.C2H6/c1-3-9(7-12-4-2)5-8(10)6-11-9;1-2/h8,11H,3-7H2,1-2H3;1-2H3. The minimum atomic E-state index is -0.689. The lowest BCUT2D eigenvalue weighted by Gasteiger charge is -2.27. The molecule has 1 heterocycles. The van der Waals surface area contributed by atoms with E-state index in [-0.39, 0.29) is 5.54 Å². The number of hydrogen-bond donors (Lipinski definition) is 1. The van der Waals surface area contributed by atoms with E-state index in [1.165, 1.54) is 0 Å². The van der Waals surface area contributed by atoms with E-state index < -0.39 is 6.17 Å². The van der Waals surface area contributed by atoms with Crippen LogP contribution < -0.4 is 5.32 Å². The van der Waals surface area contributed by atoms with Gasteiger partial charge in [0.2, 0.25) is 0 Å². The number of hydrogen-bond acceptors (Lipinski definition) is 2. The first-order valence-electron chi connectivity index (χ1n) is 5.69. The Hall–Kier alpha value is -0.150. The van der Waals surface area contributed by atoms with E-state index >= 15 is 0 Å². The Morgan fingerprint density at radius 3 is 2.43 bits per heavy atom. The minimum Gasteiger partial charge on any atom is -0.380 e. The summed E-state index contributed by atoms with van der Waals surface area (Å²) in [6.07, 6.45) is 0.849. The number of rotatable bonds is 4. The molecule has 0 bridgehead atoms. The van der Waals surface area contributed by atoms with Crippen molar-refractivity contribution in [3.8, 4) is 0 Å². The van der Waals surface area contributed by atoms with Gasteiger partial charge in [0.1, 0.15) is 6.17 Å². The quantitative estimate of drug-likeness (QED) is 0.761. The van der Waals surface area contributed by atoms with Crippen LogP contribution in [0.5, 0.6) is 0 Å². The lowest BCUT2D eigenvalue weighted by molar-refractivity contribution is 0.0802. The zero-order valence-corrected chi connectivity index (χ0v) is 9.90. The Morgan fingerprint density at radius 1 is 1.43 bits per heavy atom.